The molecule has 4 nitrogen and oxygen atoms in total. The molecule has 2 aromatic rings. The lowest BCUT2D eigenvalue weighted by Gasteiger charge is -2.24. The normalized spacial score (nSPS) is 21.9. The number of fused-ring (bicyclic) bond motifs is 1. The van der Waals surface area contributed by atoms with Gasteiger partial charge >= 0.3 is 0 Å². The van der Waals surface area contributed by atoms with Crippen LogP contribution in [0.4, 0.5) is 5.69 Å². The van der Waals surface area contributed by atoms with Crippen molar-refractivity contribution in [2.24, 2.45) is 16.9 Å². The van der Waals surface area contributed by atoms with Crippen LogP contribution in [0.5, 0.6) is 0 Å². The van der Waals surface area contributed by atoms with Crippen LogP contribution in [0.25, 0.3) is 10.8 Å². The lowest BCUT2D eigenvalue weighted by Crippen LogP contribution is -2.37. The van der Waals surface area contributed by atoms with Gasteiger partial charge < -0.3 is 16.4 Å². The smallest absolute Gasteiger partial charge is 0.225 e. The monoisotopic (exact) mass is 283 g/mol. The fourth-order valence-corrected chi connectivity index (χ4v) is 3.17. The molecule has 0 bridgehead atoms. The third-order valence-corrected chi connectivity index (χ3v) is 4.62. The number of nitrogens with zero attached hydrogens (tertiary/aromatic N) is 1. The fourth-order valence-electron chi connectivity index (χ4n) is 3.17. The van der Waals surface area contributed by atoms with E-state index >= 15 is 0 Å². The molecule has 0 radical (unpaired) electrons. The van der Waals surface area contributed by atoms with Gasteiger partial charge in [0.05, 0.1) is 5.41 Å². The number of benzene rings is 2. The summed E-state index contributed by atoms with van der Waals surface area (Å²) in [6.07, 6.45) is 0.801. The van der Waals surface area contributed by atoms with Crippen molar-refractivity contribution in [2.75, 3.05) is 18.0 Å². The zero-order chi connectivity index (χ0) is 15.0. The molecule has 2 aromatic carbocycles. The molecule has 1 fully saturated rings. The highest BCUT2D eigenvalue weighted by atomic mass is 16.1. The van der Waals surface area contributed by atoms with Gasteiger partial charge in [0, 0.05) is 30.7 Å². The van der Waals surface area contributed by atoms with Gasteiger partial charge in [0.25, 0.3) is 0 Å². The molecule has 0 spiro atoms. The Bertz CT molecular complexity index is 697. The summed E-state index contributed by atoms with van der Waals surface area (Å²) in [6.45, 7) is 4.01. The van der Waals surface area contributed by atoms with Crippen LogP contribution in [0, 0.1) is 5.41 Å². The molecular weight excluding hydrogens is 262 g/mol. The minimum absolute atomic E-state index is 0.215. The summed E-state index contributed by atoms with van der Waals surface area (Å²) < 4.78 is 0. The number of primary amides is 1. The summed E-state index contributed by atoms with van der Waals surface area (Å²) in [4.78, 5) is 13.9. The minimum atomic E-state index is -0.437. The van der Waals surface area contributed by atoms with Gasteiger partial charge in [-0.3, -0.25) is 4.79 Å². The van der Waals surface area contributed by atoms with Crippen molar-refractivity contribution in [3.05, 3.63) is 42.0 Å². The van der Waals surface area contributed by atoms with Crippen molar-refractivity contribution < 1.29 is 4.79 Å². The number of carbonyl (C=O) groups is 1. The molecule has 1 unspecified atom stereocenters. The van der Waals surface area contributed by atoms with E-state index in [2.05, 4.69) is 29.2 Å². The van der Waals surface area contributed by atoms with Gasteiger partial charge in [0.15, 0.2) is 0 Å². The number of hydrogen-bond donors (Lipinski definition) is 2. The SMILES string of the molecule is CC1(C(N)=O)CCN(c2ccc(CN)c3ccccc23)C1. The highest BCUT2D eigenvalue weighted by Crippen LogP contribution is 2.37. The van der Waals surface area contributed by atoms with Crippen molar-refractivity contribution in [1.29, 1.82) is 0 Å². The zero-order valence-corrected chi connectivity index (χ0v) is 12.3. The summed E-state index contributed by atoms with van der Waals surface area (Å²) >= 11 is 0. The summed E-state index contributed by atoms with van der Waals surface area (Å²) in [6, 6.07) is 12.5. The molecule has 1 saturated heterocycles. The van der Waals surface area contributed by atoms with E-state index in [0.29, 0.717) is 13.1 Å². The minimum Gasteiger partial charge on any atom is -0.370 e. The second kappa shape index (κ2) is 5.04. The molecule has 4 N–H and O–H groups in total. The molecule has 21 heavy (non-hydrogen) atoms. The average Bonchev–Trinajstić information content (AvgIpc) is 2.90. The lowest BCUT2D eigenvalue weighted by atomic mass is 9.89. The number of hydrogen-bond acceptors (Lipinski definition) is 3. The number of anilines is 1. The number of carbonyl (C=O) groups excluding carboxylic acids is 1. The Hall–Kier alpha value is -2.07. The molecule has 3 rings (SSSR count). The molecule has 1 atom stereocenters. The van der Waals surface area contributed by atoms with Crippen LogP contribution in [0.2, 0.25) is 0 Å². The average molecular weight is 283 g/mol. The first-order valence-corrected chi connectivity index (χ1v) is 7.31. The second-order valence-corrected chi connectivity index (χ2v) is 6.09. The van der Waals surface area contributed by atoms with Crippen molar-refractivity contribution in [2.45, 2.75) is 19.9 Å². The molecule has 0 aromatic heterocycles. The van der Waals surface area contributed by atoms with Crippen LogP contribution in [-0.2, 0) is 11.3 Å². The van der Waals surface area contributed by atoms with E-state index in [1.807, 2.05) is 19.1 Å². The van der Waals surface area contributed by atoms with Crippen molar-refractivity contribution in [3.8, 4) is 0 Å². The van der Waals surface area contributed by atoms with E-state index in [9.17, 15) is 4.79 Å². The van der Waals surface area contributed by atoms with Gasteiger partial charge in [-0.25, -0.2) is 0 Å². The first-order valence-electron chi connectivity index (χ1n) is 7.31. The standard InChI is InChI=1S/C17H21N3O/c1-17(16(19)21)8-9-20(11-17)15-7-6-12(10-18)13-4-2-3-5-14(13)15/h2-7H,8-11,18H2,1H3,(H2,19,21). The van der Waals surface area contributed by atoms with Gasteiger partial charge in [0.1, 0.15) is 0 Å². The predicted molar refractivity (Wildman–Crippen MR) is 86.0 cm³/mol. The molecule has 0 aliphatic carbocycles. The van der Waals surface area contributed by atoms with Gasteiger partial charge in [-0.15, -0.1) is 0 Å². The van der Waals surface area contributed by atoms with Gasteiger partial charge in [0.2, 0.25) is 5.91 Å². The fraction of sp³-hybridized carbons (Fsp3) is 0.353. The quantitative estimate of drug-likeness (QED) is 0.905. The maximum absolute atomic E-state index is 11.6. The van der Waals surface area contributed by atoms with Crippen LogP contribution in [0.15, 0.2) is 36.4 Å². The molecule has 1 aliphatic rings. The summed E-state index contributed by atoms with van der Waals surface area (Å²) in [5.74, 6) is -0.215. The van der Waals surface area contributed by atoms with Gasteiger partial charge in [-0.05, 0) is 30.4 Å². The van der Waals surface area contributed by atoms with Crippen LogP contribution in [-0.4, -0.2) is 19.0 Å². The highest BCUT2D eigenvalue weighted by Gasteiger charge is 2.39. The third kappa shape index (κ3) is 2.25. The number of amides is 1. The summed E-state index contributed by atoms with van der Waals surface area (Å²) in [5.41, 5.74) is 13.2. The molecule has 110 valence electrons. The zero-order valence-electron chi connectivity index (χ0n) is 12.3. The van der Waals surface area contributed by atoms with Gasteiger partial charge in [-0.1, -0.05) is 30.3 Å². The maximum Gasteiger partial charge on any atom is 0.225 e. The van der Waals surface area contributed by atoms with E-state index < -0.39 is 5.41 Å². The molecule has 4 heteroatoms. The lowest BCUT2D eigenvalue weighted by molar-refractivity contribution is -0.125. The Morgan fingerprint density at radius 2 is 1.95 bits per heavy atom. The Labute approximate surface area is 124 Å². The predicted octanol–water partition coefficient (Wildman–Crippen LogP) is 2.00. The molecular formula is C17H21N3O. The van der Waals surface area contributed by atoms with E-state index in [1.165, 1.54) is 10.8 Å². The van der Waals surface area contributed by atoms with Gasteiger partial charge in [-0.2, -0.15) is 0 Å². The first kappa shape index (κ1) is 13.9. The van der Waals surface area contributed by atoms with E-state index in [0.717, 1.165) is 24.2 Å². The summed E-state index contributed by atoms with van der Waals surface area (Å²) in [5, 5.41) is 2.37. The van der Waals surface area contributed by atoms with Crippen LogP contribution < -0.4 is 16.4 Å². The van der Waals surface area contributed by atoms with Crippen LogP contribution in [0.1, 0.15) is 18.9 Å². The van der Waals surface area contributed by atoms with E-state index in [4.69, 9.17) is 11.5 Å². The Morgan fingerprint density at radius 1 is 1.24 bits per heavy atom. The number of rotatable bonds is 3. The Balaban J connectivity index is 2.05. The second-order valence-electron chi connectivity index (χ2n) is 6.09. The van der Waals surface area contributed by atoms with Crippen LogP contribution >= 0.6 is 0 Å². The third-order valence-electron chi connectivity index (χ3n) is 4.62. The molecule has 1 aliphatic heterocycles. The molecule has 1 amide bonds. The molecule has 1 heterocycles. The Morgan fingerprint density at radius 3 is 2.57 bits per heavy atom. The number of nitrogens with two attached hydrogens (primary N) is 2. The van der Waals surface area contributed by atoms with E-state index in [1.54, 1.807) is 0 Å². The largest absolute Gasteiger partial charge is 0.370 e. The maximum atomic E-state index is 11.6. The van der Waals surface area contributed by atoms with Crippen molar-refractivity contribution in [3.63, 3.8) is 0 Å². The van der Waals surface area contributed by atoms with Crippen molar-refractivity contribution in [1.82, 2.24) is 0 Å². The first-order chi connectivity index (χ1) is 10.0. The van der Waals surface area contributed by atoms with Crippen LogP contribution in [0.3, 0.4) is 0 Å². The summed E-state index contributed by atoms with van der Waals surface area (Å²) in [7, 11) is 0. The molecule has 0 saturated carbocycles. The topological polar surface area (TPSA) is 72.4 Å². The Kier molecular flexibility index (Phi) is 3.33. The highest BCUT2D eigenvalue weighted by molar-refractivity contribution is 5.97. The van der Waals surface area contributed by atoms with Crippen molar-refractivity contribution >= 4 is 22.4 Å². The van der Waals surface area contributed by atoms with E-state index in [-0.39, 0.29) is 5.91 Å².